The number of hydrogen-bond donors (Lipinski definition) is 2. The Morgan fingerprint density at radius 2 is 1.95 bits per heavy atom. The molecule has 0 spiro atoms. The smallest absolute Gasteiger partial charge is 0.276 e. The number of nitrogens with zero attached hydrogens (tertiary/aromatic N) is 2. The number of unbranched alkanes of at least 4 members (excludes halogenated alkanes) is 1. The van der Waals surface area contributed by atoms with Crippen molar-refractivity contribution in [2.75, 3.05) is 17.2 Å². The van der Waals surface area contributed by atoms with Crippen LogP contribution in [-0.2, 0) is 0 Å². The number of aryl methyl sites for hydroxylation is 2. The molecule has 0 fully saturated rings. The predicted octanol–water partition coefficient (Wildman–Crippen LogP) is 3.56. The fourth-order valence-corrected chi connectivity index (χ4v) is 2.08. The van der Waals surface area contributed by atoms with E-state index in [0.29, 0.717) is 11.5 Å². The molecule has 1 heterocycles. The highest BCUT2D eigenvalue weighted by atomic mass is 16.1. The van der Waals surface area contributed by atoms with Gasteiger partial charge in [-0.25, -0.2) is 0 Å². The number of rotatable bonds is 6. The zero-order chi connectivity index (χ0) is 15.9. The molecule has 0 aliphatic heterocycles. The second-order valence-electron chi connectivity index (χ2n) is 5.36. The SMILES string of the molecule is CCCCNc1ccc(C(=O)Nc2ccc(C)cc2C)nn1. The van der Waals surface area contributed by atoms with E-state index in [0.717, 1.165) is 36.2 Å². The minimum absolute atomic E-state index is 0.250. The minimum Gasteiger partial charge on any atom is -0.369 e. The van der Waals surface area contributed by atoms with Crippen LogP contribution in [-0.4, -0.2) is 22.6 Å². The highest BCUT2D eigenvalue weighted by molar-refractivity contribution is 6.03. The van der Waals surface area contributed by atoms with Gasteiger partial charge in [-0.05, 0) is 44.0 Å². The van der Waals surface area contributed by atoms with E-state index >= 15 is 0 Å². The molecule has 2 N–H and O–H groups in total. The second kappa shape index (κ2) is 7.54. The molecule has 0 unspecified atom stereocenters. The standard InChI is InChI=1S/C17H22N4O/c1-4-5-10-18-16-9-8-15(20-21-16)17(22)19-14-7-6-12(2)11-13(14)3/h6-9,11H,4-5,10H2,1-3H3,(H,18,21)(H,19,22). The zero-order valence-corrected chi connectivity index (χ0v) is 13.3. The largest absolute Gasteiger partial charge is 0.369 e. The summed E-state index contributed by atoms with van der Waals surface area (Å²) in [5, 5.41) is 14.0. The third-order valence-corrected chi connectivity index (χ3v) is 3.36. The lowest BCUT2D eigenvalue weighted by Gasteiger charge is -2.09. The van der Waals surface area contributed by atoms with Crippen LogP contribution < -0.4 is 10.6 Å². The van der Waals surface area contributed by atoms with E-state index < -0.39 is 0 Å². The molecule has 0 radical (unpaired) electrons. The summed E-state index contributed by atoms with van der Waals surface area (Å²) in [6.45, 7) is 6.98. The molecule has 5 heteroatoms. The van der Waals surface area contributed by atoms with E-state index in [1.165, 1.54) is 0 Å². The summed E-state index contributed by atoms with van der Waals surface area (Å²) in [6.07, 6.45) is 2.20. The van der Waals surface area contributed by atoms with Crippen molar-refractivity contribution in [3.8, 4) is 0 Å². The van der Waals surface area contributed by atoms with Crippen LogP contribution in [0.2, 0.25) is 0 Å². The molecule has 1 aromatic carbocycles. The van der Waals surface area contributed by atoms with Gasteiger partial charge >= 0.3 is 0 Å². The predicted molar refractivity (Wildman–Crippen MR) is 89.3 cm³/mol. The van der Waals surface area contributed by atoms with Gasteiger partial charge in [0.05, 0.1) is 0 Å². The van der Waals surface area contributed by atoms with Crippen LogP contribution in [0.5, 0.6) is 0 Å². The molecule has 0 saturated heterocycles. The lowest BCUT2D eigenvalue weighted by molar-refractivity contribution is 0.102. The maximum absolute atomic E-state index is 12.2. The number of anilines is 2. The second-order valence-corrected chi connectivity index (χ2v) is 5.36. The Morgan fingerprint density at radius 3 is 2.59 bits per heavy atom. The Labute approximate surface area is 131 Å². The van der Waals surface area contributed by atoms with Crippen LogP contribution in [0.15, 0.2) is 30.3 Å². The quantitative estimate of drug-likeness (QED) is 0.800. The van der Waals surface area contributed by atoms with Crippen molar-refractivity contribution in [3.05, 3.63) is 47.2 Å². The molecule has 5 nitrogen and oxygen atoms in total. The van der Waals surface area contributed by atoms with Gasteiger partial charge in [-0.15, -0.1) is 10.2 Å². The number of carbonyl (C=O) groups is 1. The van der Waals surface area contributed by atoms with Gasteiger partial charge in [-0.2, -0.15) is 0 Å². The van der Waals surface area contributed by atoms with Gasteiger partial charge in [0.15, 0.2) is 5.69 Å². The Kier molecular flexibility index (Phi) is 5.47. The average Bonchev–Trinajstić information content (AvgIpc) is 2.51. The normalized spacial score (nSPS) is 10.3. The van der Waals surface area contributed by atoms with Gasteiger partial charge in [0, 0.05) is 12.2 Å². The summed E-state index contributed by atoms with van der Waals surface area (Å²) >= 11 is 0. The van der Waals surface area contributed by atoms with Crippen molar-refractivity contribution >= 4 is 17.4 Å². The first kappa shape index (κ1) is 15.9. The number of amides is 1. The lowest BCUT2D eigenvalue weighted by atomic mass is 10.1. The number of hydrogen-bond acceptors (Lipinski definition) is 4. The van der Waals surface area contributed by atoms with Crippen LogP contribution in [0.25, 0.3) is 0 Å². The molecule has 0 saturated carbocycles. The van der Waals surface area contributed by atoms with Crippen molar-refractivity contribution in [1.82, 2.24) is 10.2 Å². The van der Waals surface area contributed by atoms with Gasteiger partial charge < -0.3 is 10.6 Å². The molecule has 1 aromatic heterocycles. The highest BCUT2D eigenvalue weighted by Crippen LogP contribution is 2.16. The number of carbonyl (C=O) groups excluding carboxylic acids is 1. The van der Waals surface area contributed by atoms with Gasteiger partial charge in [-0.1, -0.05) is 31.0 Å². The minimum atomic E-state index is -0.250. The Bertz CT molecular complexity index is 638. The molecule has 1 amide bonds. The molecule has 0 atom stereocenters. The molecule has 2 rings (SSSR count). The van der Waals surface area contributed by atoms with Crippen LogP contribution >= 0.6 is 0 Å². The fourth-order valence-electron chi connectivity index (χ4n) is 2.08. The Hall–Kier alpha value is -2.43. The van der Waals surface area contributed by atoms with Crippen molar-refractivity contribution in [3.63, 3.8) is 0 Å². The van der Waals surface area contributed by atoms with Crippen molar-refractivity contribution in [1.29, 1.82) is 0 Å². The monoisotopic (exact) mass is 298 g/mol. The van der Waals surface area contributed by atoms with Crippen LogP contribution in [0.4, 0.5) is 11.5 Å². The Morgan fingerprint density at radius 1 is 1.14 bits per heavy atom. The molecule has 116 valence electrons. The average molecular weight is 298 g/mol. The van der Waals surface area contributed by atoms with E-state index in [2.05, 4.69) is 27.8 Å². The van der Waals surface area contributed by atoms with Crippen LogP contribution in [0.1, 0.15) is 41.4 Å². The van der Waals surface area contributed by atoms with Crippen molar-refractivity contribution in [2.24, 2.45) is 0 Å². The maximum Gasteiger partial charge on any atom is 0.276 e. The van der Waals surface area contributed by atoms with Gasteiger partial charge in [0.25, 0.3) is 5.91 Å². The van der Waals surface area contributed by atoms with E-state index in [4.69, 9.17) is 0 Å². The molecule has 0 bridgehead atoms. The van der Waals surface area contributed by atoms with Gasteiger partial charge in [0.2, 0.25) is 0 Å². The molecule has 0 aliphatic rings. The number of benzene rings is 1. The lowest BCUT2D eigenvalue weighted by Crippen LogP contribution is -2.15. The molecular formula is C17H22N4O. The highest BCUT2D eigenvalue weighted by Gasteiger charge is 2.10. The van der Waals surface area contributed by atoms with E-state index in [1.807, 2.05) is 32.0 Å². The molecule has 0 aliphatic carbocycles. The topological polar surface area (TPSA) is 66.9 Å². The van der Waals surface area contributed by atoms with Gasteiger partial charge in [0.1, 0.15) is 5.82 Å². The summed E-state index contributed by atoms with van der Waals surface area (Å²) in [4.78, 5) is 12.2. The Balaban J connectivity index is 2.00. The summed E-state index contributed by atoms with van der Waals surface area (Å²) in [5.74, 6) is 0.441. The van der Waals surface area contributed by atoms with Crippen LogP contribution in [0, 0.1) is 13.8 Å². The number of nitrogens with one attached hydrogen (secondary N) is 2. The van der Waals surface area contributed by atoms with Crippen LogP contribution in [0.3, 0.4) is 0 Å². The first-order chi connectivity index (χ1) is 10.6. The van der Waals surface area contributed by atoms with E-state index in [-0.39, 0.29) is 5.91 Å². The summed E-state index contributed by atoms with van der Waals surface area (Å²) in [7, 11) is 0. The first-order valence-electron chi connectivity index (χ1n) is 7.56. The molecule has 2 aromatic rings. The zero-order valence-electron chi connectivity index (χ0n) is 13.3. The number of aromatic nitrogens is 2. The van der Waals surface area contributed by atoms with Crippen molar-refractivity contribution in [2.45, 2.75) is 33.6 Å². The third-order valence-electron chi connectivity index (χ3n) is 3.36. The summed E-state index contributed by atoms with van der Waals surface area (Å²) in [6, 6.07) is 9.35. The summed E-state index contributed by atoms with van der Waals surface area (Å²) < 4.78 is 0. The van der Waals surface area contributed by atoms with Crippen molar-refractivity contribution < 1.29 is 4.79 Å². The van der Waals surface area contributed by atoms with E-state index in [9.17, 15) is 4.79 Å². The summed E-state index contributed by atoms with van der Waals surface area (Å²) in [5.41, 5.74) is 3.29. The fraction of sp³-hybridized carbons (Fsp3) is 0.353. The first-order valence-corrected chi connectivity index (χ1v) is 7.56. The van der Waals surface area contributed by atoms with Gasteiger partial charge in [-0.3, -0.25) is 4.79 Å². The third kappa shape index (κ3) is 4.28. The maximum atomic E-state index is 12.2. The molecular weight excluding hydrogens is 276 g/mol. The van der Waals surface area contributed by atoms with E-state index in [1.54, 1.807) is 12.1 Å². The molecule has 22 heavy (non-hydrogen) atoms.